The van der Waals surface area contributed by atoms with Crippen molar-refractivity contribution in [3.05, 3.63) is 65.2 Å². The average Bonchev–Trinajstić information content (AvgIpc) is 2.48. The molecule has 1 heterocycles. The largest absolute Gasteiger partial charge is 0.302 e. The number of nitrogens with one attached hydrogen (secondary N) is 1. The van der Waals surface area contributed by atoms with Crippen LogP contribution in [0.25, 0.3) is 0 Å². The molecule has 2 nitrogen and oxygen atoms in total. The Balaban J connectivity index is 2.17. The topological polar surface area (TPSA) is 24.9 Å². The van der Waals surface area contributed by atoms with Gasteiger partial charge in [-0.05, 0) is 43.7 Å². The van der Waals surface area contributed by atoms with Gasteiger partial charge >= 0.3 is 0 Å². The molecular formula is C16H17F3N2. The van der Waals surface area contributed by atoms with Crippen LogP contribution >= 0.6 is 0 Å². The minimum atomic E-state index is -0.479. The molecule has 0 aliphatic carbocycles. The molecule has 2 unspecified atom stereocenters. The summed E-state index contributed by atoms with van der Waals surface area (Å²) in [6.45, 7) is 3.70. The first kappa shape index (κ1) is 15.5. The van der Waals surface area contributed by atoms with Crippen molar-refractivity contribution in [1.29, 1.82) is 0 Å². The van der Waals surface area contributed by atoms with Crippen molar-refractivity contribution < 1.29 is 13.2 Å². The van der Waals surface area contributed by atoms with E-state index in [9.17, 15) is 13.2 Å². The summed E-state index contributed by atoms with van der Waals surface area (Å²) in [7, 11) is 0. The zero-order chi connectivity index (χ0) is 15.4. The Morgan fingerprint density at radius 2 is 1.81 bits per heavy atom. The molecule has 0 spiro atoms. The van der Waals surface area contributed by atoms with Gasteiger partial charge in [0.2, 0.25) is 0 Å². The number of pyridine rings is 1. The van der Waals surface area contributed by atoms with Crippen molar-refractivity contribution in [3.63, 3.8) is 0 Å². The third-order valence-electron chi connectivity index (χ3n) is 3.39. The zero-order valence-electron chi connectivity index (χ0n) is 11.9. The van der Waals surface area contributed by atoms with E-state index in [-0.39, 0.29) is 11.6 Å². The lowest BCUT2D eigenvalue weighted by atomic mass is 10.0. The molecule has 0 saturated carbocycles. The first-order chi connectivity index (χ1) is 10.0. The van der Waals surface area contributed by atoms with Gasteiger partial charge in [0.15, 0.2) is 0 Å². The standard InChI is InChI=1S/C16H17F3N2/c1-3-15(16-7-5-12(18)9-20-16)21-10(2)13-8-11(17)4-6-14(13)19/h4-10,15,21H,3H2,1-2H3. The molecule has 1 aromatic heterocycles. The van der Waals surface area contributed by atoms with E-state index < -0.39 is 23.5 Å². The molecule has 21 heavy (non-hydrogen) atoms. The van der Waals surface area contributed by atoms with Gasteiger partial charge in [-0.2, -0.15) is 0 Å². The van der Waals surface area contributed by atoms with E-state index in [4.69, 9.17) is 0 Å². The number of nitrogens with zero attached hydrogens (tertiary/aromatic N) is 1. The molecule has 0 aliphatic rings. The van der Waals surface area contributed by atoms with Crippen LogP contribution in [0.15, 0.2) is 36.5 Å². The number of aromatic nitrogens is 1. The lowest BCUT2D eigenvalue weighted by Gasteiger charge is -2.22. The van der Waals surface area contributed by atoms with E-state index >= 15 is 0 Å². The quantitative estimate of drug-likeness (QED) is 0.889. The summed E-state index contributed by atoms with van der Waals surface area (Å²) in [5.74, 6) is -1.34. The first-order valence-electron chi connectivity index (χ1n) is 6.83. The highest BCUT2D eigenvalue weighted by atomic mass is 19.1. The second-order valence-corrected chi connectivity index (χ2v) is 4.92. The van der Waals surface area contributed by atoms with Crippen LogP contribution in [-0.4, -0.2) is 4.98 Å². The molecule has 0 fully saturated rings. The number of halogens is 3. The van der Waals surface area contributed by atoms with E-state index in [1.54, 1.807) is 13.0 Å². The van der Waals surface area contributed by atoms with Crippen LogP contribution in [0.1, 0.15) is 43.6 Å². The Labute approximate surface area is 122 Å². The number of rotatable bonds is 5. The predicted octanol–water partition coefficient (Wildman–Crippen LogP) is 4.30. The lowest BCUT2D eigenvalue weighted by molar-refractivity contribution is 0.432. The number of hydrogen-bond donors (Lipinski definition) is 1. The van der Waals surface area contributed by atoms with Crippen LogP contribution in [0.5, 0.6) is 0 Å². The van der Waals surface area contributed by atoms with Gasteiger partial charge in [0, 0.05) is 17.6 Å². The van der Waals surface area contributed by atoms with Crippen molar-refractivity contribution in [1.82, 2.24) is 10.3 Å². The molecule has 2 atom stereocenters. The molecule has 0 bridgehead atoms. The van der Waals surface area contributed by atoms with Gasteiger partial charge in [-0.1, -0.05) is 6.92 Å². The molecule has 5 heteroatoms. The monoisotopic (exact) mass is 294 g/mol. The lowest BCUT2D eigenvalue weighted by Crippen LogP contribution is -2.25. The summed E-state index contributed by atoms with van der Waals surface area (Å²) in [5, 5.41) is 3.20. The van der Waals surface area contributed by atoms with Crippen molar-refractivity contribution >= 4 is 0 Å². The van der Waals surface area contributed by atoms with Crippen LogP contribution in [0.2, 0.25) is 0 Å². The maximum atomic E-state index is 13.8. The van der Waals surface area contributed by atoms with Crippen molar-refractivity contribution in [2.75, 3.05) is 0 Å². The molecule has 1 aromatic carbocycles. The fourth-order valence-corrected chi connectivity index (χ4v) is 2.24. The van der Waals surface area contributed by atoms with Crippen LogP contribution in [-0.2, 0) is 0 Å². The Kier molecular flexibility index (Phi) is 4.96. The van der Waals surface area contributed by atoms with Crippen molar-refractivity contribution in [3.8, 4) is 0 Å². The van der Waals surface area contributed by atoms with E-state index in [1.807, 2.05) is 6.92 Å². The molecule has 2 aromatic rings. The summed E-state index contributed by atoms with van der Waals surface area (Å²) in [6.07, 6.45) is 1.84. The van der Waals surface area contributed by atoms with Gasteiger partial charge in [0.1, 0.15) is 17.5 Å². The van der Waals surface area contributed by atoms with Gasteiger partial charge in [-0.25, -0.2) is 13.2 Å². The highest BCUT2D eigenvalue weighted by Crippen LogP contribution is 2.23. The Hall–Kier alpha value is -1.88. The maximum absolute atomic E-state index is 13.8. The normalized spacial score (nSPS) is 14.0. The third kappa shape index (κ3) is 3.82. The predicted molar refractivity (Wildman–Crippen MR) is 75.1 cm³/mol. The van der Waals surface area contributed by atoms with Gasteiger partial charge in [0.25, 0.3) is 0 Å². The minimum absolute atomic E-state index is 0.164. The molecule has 112 valence electrons. The van der Waals surface area contributed by atoms with Crippen LogP contribution in [0.4, 0.5) is 13.2 Å². The number of hydrogen-bond acceptors (Lipinski definition) is 2. The van der Waals surface area contributed by atoms with Crippen LogP contribution < -0.4 is 5.32 Å². The van der Waals surface area contributed by atoms with E-state index in [0.29, 0.717) is 12.1 Å². The average molecular weight is 294 g/mol. The molecule has 0 saturated heterocycles. The van der Waals surface area contributed by atoms with Gasteiger partial charge < -0.3 is 5.32 Å². The zero-order valence-corrected chi connectivity index (χ0v) is 11.9. The second-order valence-electron chi connectivity index (χ2n) is 4.92. The maximum Gasteiger partial charge on any atom is 0.141 e. The van der Waals surface area contributed by atoms with Gasteiger partial charge in [-0.15, -0.1) is 0 Å². The third-order valence-corrected chi connectivity index (χ3v) is 3.39. The summed E-state index contributed by atoms with van der Waals surface area (Å²) < 4.78 is 39.9. The van der Waals surface area contributed by atoms with Gasteiger partial charge in [0.05, 0.1) is 11.9 Å². The summed E-state index contributed by atoms with van der Waals surface area (Å²) in [4.78, 5) is 4.03. The fraction of sp³-hybridized carbons (Fsp3) is 0.312. The van der Waals surface area contributed by atoms with E-state index in [1.165, 1.54) is 12.1 Å². The molecule has 2 rings (SSSR count). The molecular weight excluding hydrogens is 277 g/mol. The molecule has 0 amide bonds. The Morgan fingerprint density at radius 3 is 2.43 bits per heavy atom. The Bertz CT molecular complexity index is 599. The molecule has 1 N–H and O–H groups in total. The summed E-state index contributed by atoms with van der Waals surface area (Å²) in [5.41, 5.74) is 0.929. The van der Waals surface area contributed by atoms with Crippen LogP contribution in [0, 0.1) is 17.5 Å². The van der Waals surface area contributed by atoms with Crippen LogP contribution in [0.3, 0.4) is 0 Å². The first-order valence-corrected chi connectivity index (χ1v) is 6.83. The van der Waals surface area contributed by atoms with E-state index in [2.05, 4.69) is 10.3 Å². The van der Waals surface area contributed by atoms with Gasteiger partial charge in [-0.3, -0.25) is 4.98 Å². The minimum Gasteiger partial charge on any atom is -0.302 e. The molecule has 0 aliphatic heterocycles. The summed E-state index contributed by atoms with van der Waals surface area (Å²) in [6, 6.07) is 5.74. The second kappa shape index (κ2) is 6.72. The highest BCUT2D eigenvalue weighted by Gasteiger charge is 2.18. The fourth-order valence-electron chi connectivity index (χ4n) is 2.24. The highest BCUT2D eigenvalue weighted by molar-refractivity contribution is 5.22. The van der Waals surface area contributed by atoms with E-state index in [0.717, 1.165) is 18.3 Å². The summed E-state index contributed by atoms with van der Waals surface area (Å²) >= 11 is 0. The SMILES string of the molecule is CCC(NC(C)c1cc(F)ccc1F)c1ccc(F)cn1. The Morgan fingerprint density at radius 1 is 1.10 bits per heavy atom. The molecule has 0 radical (unpaired) electrons. The van der Waals surface area contributed by atoms with Crippen molar-refractivity contribution in [2.45, 2.75) is 32.4 Å². The number of benzene rings is 1. The smallest absolute Gasteiger partial charge is 0.141 e. The van der Waals surface area contributed by atoms with Crippen molar-refractivity contribution in [2.24, 2.45) is 0 Å².